The third kappa shape index (κ3) is 3.35. The molecule has 0 aliphatic heterocycles. The quantitative estimate of drug-likeness (QED) is 0.847. The molecule has 1 saturated carbocycles. The van der Waals surface area contributed by atoms with Crippen molar-refractivity contribution in [2.45, 2.75) is 25.4 Å². The highest BCUT2D eigenvalue weighted by Crippen LogP contribution is 2.27. The second kappa shape index (κ2) is 5.71. The summed E-state index contributed by atoms with van der Waals surface area (Å²) in [6.07, 6.45) is 2.64. The minimum atomic E-state index is 0.410. The van der Waals surface area contributed by atoms with E-state index in [0.29, 0.717) is 18.2 Å². The van der Waals surface area contributed by atoms with E-state index < -0.39 is 0 Å². The second-order valence-electron chi connectivity index (χ2n) is 4.48. The van der Waals surface area contributed by atoms with E-state index in [1.807, 2.05) is 18.2 Å². The van der Waals surface area contributed by atoms with E-state index in [1.54, 1.807) is 0 Å². The molecule has 1 aliphatic rings. The molecule has 1 aromatic rings. The van der Waals surface area contributed by atoms with Crippen LogP contribution in [0.4, 0.5) is 0 Å². The molecule has 0 atom stereocenters. The van der Waals surface area contributed by atoms with Gasteiger partial charge < -0.3 is 15.4 Å². The Bertz CT molecular complexity index is 380. The molecule has 94 valence electrons. The van der Waals surface area contributed by atoms with E-state index in [4.69, 9.17) is 22.1 Å². The van der Waals surface area contributed by atoms with Gasteiger partial charge in [-0.05, 0) is 32.0 Å². The first-order chi connectivity index (χ1) is 8.22. The number of halogens is 1. The van der Waals surface area contributed by atoms with Crippen LogP contribution in [0.15, 0.2) is 18.2 Å². The summed E-state index contributed by atoms with van der Waals surface area (Å²) in [4.78, 5) is 2.34. The second-order valence-corrected chi connectivity index (χ2v) is 4.89. The molecule has 0 heterocycles. The smallest absolute Gasteiger partial charge is 0.125 e. The predicted octanol–water partition coefficient (Wildman–Crippen LogP) is 2.27. The van der Waals surface area contributed by atoms with E-state index >= 15 is 0 Å². The zero-order chi connectivity index (χ0) is 12.3. The lowest BCUT2D eigenvalue weighted by molar-refractivity contribution is 0.230. The summed E-state index contributed by atoms with van der Waals surface area (Å²) in [5.41, 5.74) is 6.56. The van der Waals surface area contributed by atoms with Gasteiger partial charge in [0, 0.05) is 29.7 Å². The fraction of sp³-hybridized carbons (Fsp3) is 0.538. The van der Waals surface area contributed by atoms with Crippen molar-refractivity contribution in [3.8, 4) is 5.75 Å². The number of hydrogen-bond acceptors (Lipinski definition) is 3. The van der Waals surface area contributed by atoms with Gasteiger partial charge in [0.25, 0.3) is 0 Å². The monoisotopic (exact) mass is 254 g/mol. The minimum Gasteiger partial charge on any atom is -0.492 e. The first kappa shape index (κ1) is 12.7. The summed E-state index contributed by atoms with van der Waals surface area (Å²) in [7, 11) is 2.14. The third-order valence-corrected chi connectivity index (χ3v) is 3.51. The lowest BCUT2D eigenvalue weighted by Crippen LogP contribution is -2.26. The number of ether oxygens (including phenoxy) is 1. The van der Waals surface area contributed by atoms with Crippen LogP contribution in [0.25, 0.3) is 0 Å². The summed E-state index contributed by atoms with van der Waals surface area (Å²) in [6.45, 7) is 2.04. The molecule has 0 unspecified atom stereocenters. The molecule has 2 rings (SSSR count). The summed E-state index contributed by atoms with van der Waals surface area (Å²) in [6, 6.07) is 6.42. The molecule has 4 heteroatoms. The van der Waals surface area contributed by atoms with Crippen LogP contribution in [0, 0.1) is 0 Å². The highest BCUT2D eigenvalue weighted by molar-refractivity contribution is 6.31. The zero-order valence-electron chi connectivity index (χ0n) is 10.2. The minimum absolute atomic E-state index is 0.410. The maximum Gasteiger partial charge on any atom is 0.125 e. The molecule has 1 aliphatic carbocycles. The highest BCUT2D eigenvalue weighted by Gasteiger charge is 2.25. The van der Waals surface area contributed by atoms with Gasteiger partial charge in [0.1, 0.15) is 12.4 Å². The predicted molar refractivity (Wildman–Crippen MR) is 70.5 cm³/mol. The molecule has 1 aromatic carbocycles. The van der Waals surface area contributed by atoms with Gasteiger partial charge in [0.05, 0.1) is 0 Å². The topological polar surface area (TPSA) is 38.5 Å². The van der Waals surface area contributed by atoms with Crippen LogP contribution >= 0.6 is 11.6 Å². The van der Waals surface area contributed by atoms with Crippen LogP contribution in [0.5, 0.6) is 5.75 Å². The van der Waals surface area contributed by atoms with Gasteiger partial charge >= 0.3 is 0 Å². The van der Waals surface area contributed by atoms with Crippen LogP contribution in [-0.2, 0) is 6.54 Å². The largest absolute Gasteiger partial charge is 0.492 e. The molecule has 0 bridgehead atoms. The van der Waals surface area contributed by atoms with Crippen molar-refractivity contribution in [1.29, 1.82) is 0 Å². The SMILES string of the molecule is CN(CCOc1cccc(Cl)c1CN)C1CC1. The molecule has 2 N–H and O–H groups in total. The Balaban J connectivity index is 1.87. The van der Waals surface area contributed by atoms with Crippen molar-refractivity contribution >= 4 is 11.6 Å². The fourth-order valence-electron chi connectivity index (χ4n) is 1.87. The van der Waals surface area contributed by atoms with Gasteiger partial charge in [-0.25, -0.2) is 0 Å². The first-order valence-corrected chi connectivity index (χ1v) is 6.40. The van der Waals surface area contributed by atoms with Crippen LogP contribution in [-0.4, -0.2) is 31.1 Å². The zero-order valence-corrected chi connectivity index (χ0v) is 10.9. The summed E-state index contributed by atoms with van der Waals surface area (Å²) < 4.78 is 5.75. The van der Waals surface area contributed by atoms with Crippen molar-refractivity contribution in [2.75, 3.05) is 20.2 Å². The highest BCUT2D eigenvalue weighted by atomic mass is 35.5. The molecule has 0 spiro atoms. The van der Waals surface area contributed by atoms with Gasteiger partial charge in [-0.15, -0.1) is 0 Å². The van der Waals surface area contributed by atoms with E-state index in [2.05, 4.69) is 11.9 Å². The van der Waals surface area contributed by atoms with Crippen molar-refractivity contribution in [1.82, 2.24) is 4.90 Å². The summed E-state index contributed by atoms with van der Waals surface area (Å²) in [5.74, 6) is 0.809. The van der Waals surface area contributed by atoms with E-state index in [1.165, 1.54) is 12.8 Å². The lowest BCUT2D eigenvalue weighted by atomic mass is 10.2. The molecular weight excluding hydrogens is 236 g/mol. The maximum atomic E-state index is 6.06. The Morgan fingerprint density at radius 2 is 2.24 bits per heavy atom. The van der Waals surface area contributed by atoms with Crippen LogP contribution < -0.4 is 10.5 Å². The molecule has 0 amide bonds. The first-order valence-electron chi connectivity index (χ1n) is 6.03. The molecule has 0 aromatic heterocycles. The average molecular weight is 255 g/mol. The number of likely N-dealkylation sites (N-methyl/N-ethyl adjacent to an activating group) is 1. The van der Waals surface area contributed by atoms with Crippen molar-refractivity contribution < 1.29 is 4.74 Å². The standard InChI is InChI=1S/C13H19ClN2O/c1-16(10-5-6-10)7-8-17-13-4-2-3-12(14)11(13)9-15/h2-4,10H,5-9,15H2,1H3. The van der Waals surface area contributed by atoms with E-state index in [9.17, 15) is 0 Å². The van der Waals surface area contributed by atoms with Crippen molar-refractivity contribution in [3.05, 3.63) is 28.8 Å². The third-order valence-electron chi connectivity index (χ3n) is 3.15. The van der Waals surface area contributed by atoms with E-state index in [0.717, 1.165) is 23.9 Å². The molecule has 1 fully saturated rings. The van der Waals surface area contributed by atoms with Crippen molar-refractivity contribution in [2.24, 2.45) is 5.73 Å². The molecular formula is C13H19ClN2O. The van der Waals surface area contributed by atoms with Crippen LogP contribution in [0.3, 0.4) is 0 Å². The van der Waals surface area contributed by atoms with Crippen molar-refractivity contribution in [3.63, 3.8) is 0 Å². The number of rotatable bonds is 6. The fourth-order valence-corrected chi connectivity index (χ4v) is 2.11. The Labute approximate surface area is 107 Å². The van der Waals surface area contributed by atoms with Gasteiger partial charge in [-0.3, -0.25) is 0 Å². The maximum absolute atomic E-state index is 6.06. The van der Waals surface area contributed by atoms with Gasteiger partial charge in [0.15, 0.2) is 0 Å². The average Bonchev–Trinajstić information content (AvgIpc) is 3.13. The molecule has 17 heavy (non-hydrogen) atoms. The number of nitrogens with zero attached hydrogens (tertiary/aromatic N) is 1. The number of benzene rings is 1. The molecule has 0 saturated heterocycles. The Hall–Kier alpha value is -0.770. The molecule has 3 nitrogen and oxygen atoms in total. The Kier molecular flexibility index (Phi) is 4.26. The lowest BCUT2D eigenvalue weighted by Gasteiger charge is -2.17. The normalized spacial score (nSPS) is 15.3. The van der Waals surface area contributed by atoms with Crippen LogP contribution in [0.1, 0.15) is 18.4 Å². The van der Waals surface area contributed by atoms with E-state index in [-0.39, 0.29) is 0 Å². The van der Waals surface area contributed by atoms with Gasteiger partial charge in [-0.1, -0.05) is 17.7 Å². The Morgan fingerprint density at radius 3 is 2.88 bits per heavy atom. The number of nitrogens with two attached hydrogens (primary N) is 1. The number of hydrogen-bond donors (Lipinski definition) is 1. The summed E-state index contributed by atoms with van der Waals surface area (Å²) in [5, 5.41) is 0.681. The summed E-state index contributed by atoms with van der Waals surface area (Å²) >= 11 is 6.06. The van der Waals surface area contributed by atoms with Gasteiger partial charge in [0.2, 0.25) is 0 Å². The Morgan fingerprint density at radius 1 is 1.47 bits per heavy atom. The van der Waals surface area contributed by atoms with Crippen LogP contribution in [0.2, 0.25) is 5.02 Å². The molecule has 0 radical (unpaired) electrons. The van der Waals surface area contributed by atoms with Gasteiger partial charge in [-0.2, -0.15) is 0 Å².